The second-order valence-electron chi connectivity index (χ2n) is 6.38. The zero-order chi connectivity index (χ0) is 17.8. The number of halogens is 1. The lowest BCUT2D eigenvalue weighted by Crippen LogP contribution is -2.34. The third-order valence-electron chi connectivity index (χ3n) is 4.64. The molecule has 0 spiro atoms. The van der Waals surface area contributed by atoms with Crippen LogP contribution in [0.3, 0.4) is 0 Å². The fourth-order valence-electron chi connectivity index (χ4n) is 3.41. The highest BCUT2D eigenvalue weighted by Gasteiger charge is 2.24. The lowest BCUT2D eigenvalue weighted by molar-refractivity contribution is -0.117. The maximum Gasteiger partial charge on any atom is 0.238 e. The minimum atomic E-state index is -0.0914. The number of carbonyl (C=O) groups excluding carboxylic acids is 1. The van der Waals surface area contributed by atoms with Crippen LogP contribution in [0.15, 0.2) is 42.5 Å². The number of nitriles is 1. The van der Waals surface area contributed by atoms with Crippen molar-refractivity contribution in [3.05, 3.63) is 64.2 Å². The molecule has 1 unspecified atom stereocenters. The van der Waals surface area contributed by atoms with Crippen LogP contribution in [0.25, 0.3) is 0 Å². The fraction of sp³-hybridized carbons (Fsp3) is 0.300. The highest BCUT2D eigenvalue weighted by Crippen LogP contribution is 2.33. The minimum absolute atomic E-state index is 0.0914. The van der Waals surface area contributed by atoms with Crippen LogP contribution in [-0.4, -0.2) is 24.4 Å². The van der Waals surface area contributed by atoms with E-state index in [0.29, 0.717) is 22.8 Å². The normalized spacial score (nSPS) is 16.2. The van der Waals surface area contributed by atoms with Gasteiger partial charge in [0.15, 0.2) is 0 Å². The Kier molecular flexibility index (Phi) is 5.37. The Hall–Kier alpha value is -2.35. The molecule has 2 aromatic rings. The predicted molar refractivity (Wildman–Crippen MR) is 99.5 cm³/mol. The molecule has 0 aliphatic heterocycles. The van der Waals surface area contributed by atoms with Gasteiger partial charge < -0.3 is 5.32 Å². The van der Waals surface area contributed by atoms with Gasteiger partial charge in [0.2, 0.25) is 5.91 Å². The summed E-state index contributed by atoms with van der Waals surface area (Å²) in [4.78, 5) is 14.5. The SMILES string of the molecule is CN(CC(=O)Nc1ccc(C#N)c(Cl)c1)C1CCCc2ccccc21. The molecule has 1 amide bonds. The minimum Gasteiger partial charge on any atom is -0.325 e. The summed E-state index contributed by atoms with van der Waals surface area (Å²) in [6.07, 6.45) is 3.30. The first-order valence-electron chi connectivity index (χ1n) is 8.36. The van der Waals surface area contributed by atoms with E-state index in [4.69, 9.17) is 16.9 Å². The number of aryl methyl sites for hydroxylation is 1. The van der Waals surface area contributed by atoms with Crippen LogP contribution in [0, 0.1) is 11.3 Å². The lowest BCUT2D eigenvalue weighted by Gasteiger charge is -2.32. The molecule has 0 heterocycles. The van der Waals surface area contributed by atoms with Crippen molar-refractivity contribution >= 4 is 23.2 Å². The molecule has 2 aromatic carbocycles. The molecule has 0 radical (unpaired) electrons. The standard InChI is InChI=1S/C20H20ClN3O/c1-24(19-8-4-6-14-5-2-3-7-17(14)19)13-20(25)23-16-10-9-15(12-22)18(21)11-16/h2-3,5,7,9-11,19H,4,6,8,13H2,1H3,(H,23,25). The quantitative estimate of drug-likeness (QED) is 0.897. The van der Waals surface area contributed by atoms with E-state index in [2.05, 4.69) is 34.5 Å². The first-order valence-corrected chi connectivity index (χ1v) is 8.74. The molecule has 25 heavy (non-hydrogen) atoms. The number of hydrogen-bond acceptors (Lipinski definition) is 3. The van der Waals surface area contributed by atoms with Gasteiger partial charge in [0.05, 0.1) is 17.1 Å². The largest absolute Gasteiger partial charge is 0.325 e. The number of anilines is 1. The Balaban J connectivity index is 1.66. The number of nitrogens with one attached hydrogen (secondary N) is 1. The Labute approximate surface area is 153 Å². The number of nitrogens with zero attached hydrogens (tertiary/aromatic N) is 2. The molecular weight excluding hydrogens is 334 g/mol. The van der Waals surface area contributed by atoms with E-state index in [0.717, 1.165) is 19.3 Å². The van der Waals surface area contributed by atoms with Crippen LogP contribution in [0.4, 0.5) is 5.69 Å². The number of hydrogen-bond donors (Lipinski definition) is 1. The number of benzene rings is 2. The van der Waals surface area contributed by atoms with E-state index < -0.39 is 0 Å². The van der Waals surface area contributed by atoms with Crippen LogP contribution in [-0.2, 0) is 11.2 Å². The first-order chi connectivity index (χ1) is 12.1. The highest BCUT2D eigenvalue weighted by molar-refractivity contribution is 6.32. The summed E-state index contributed by atoms with van der Waals surface area (Å²) >= 11 is 6.01. The lowest BCUT2D eigenvalue weighted by atomic mass is 9.87. The van der Waals surface area contributed by atoms with Crippen LogP contribution < -0.4 is 5.32 Å². The van der Waals surface area contributed by atoms with Gasteiger partial charge in [-0.25, -0.2) is 0 Å². The zero-order valence-electron chi connectivity index (χ0n) is 14.1. The number of amides is 1. The van der Waals surface area contributed by atoms with Gasteiger partial charge in [-0.1, -0.05) is 35.9 Å². The Bertz CT molecular complexity index is 828. The zero-order valence-corrected chi connectivity index (χ0v) is 14.9. The number of likely N-dealkylation sites (N-methyl/N-ethyl adjacent to an activating group) is 1. The molecule has 1 aliphatic carbocycles. The maximum atomic E-state index is 12.4. The summed E-state index contributed by atoms with van der Waals surface area (Å²) in [5.41, 5.74) is 3.71. The summed E-state index contributed by atoms with van der Waals surface area (Å²) < 4.78 is 0. The fourth-order valence-corrected chi connectivity index (χ4v) is 3.63. The average molecular weight is 354 g/mol. The molecule has 1 atom stereocenters. The second-order valence-corrected chi connectivity index (χ2v) is 6.78. The average Bonchev–Trinajstić information content (AvgIpc) is 2.61. The molecule has 3 rings (SSSR count). The maximum absolute atomic E-state index is 12.4. The van der Waals surface area contributed by atoms with Crippen LogP contribution >= 0.6 is 11.6 Å². The second kappa shape index (κ2) is 7.69. The van der Waals surface area contributed by atoms with Crippen molar-refractivity contribution in [2.24, 2.45) is 0 Å². The third-order valence-corrected chi connectivity index (χ3v) is 4.95. The smallest absolute Gasteiger partial charge is 0.238 e. The molecule has 0 bridgehead atoms. The first kappa shape index (κ1) is 17.5. The molecule has 1 aliphatic rings. The van der Waals surface area contributed by atoms with E-state index >= 15 is 0 Å². The number of rotatable bonds is 4. The molecular formula is C20H20ClN3O. The van der Waals surface area contributed by atoms with Gasteiger partial charge in [-0.15, -0.1) is 0 Å². The van der Waals surface area contributed by atoms with Crippen molar-refractivity contribution in [2.75, 3.05) is 18.9 Å². The Morgan fingerprint density at radius 3 is 2.92 bits per heavy atom. The van der Waals surface area contributed by atoms with E-state index in [1.807, 2.05) is 13.1 Å². The van der Waals surface area contributed by atoms with E-state index in [1.165, 1.54) is 11.1 Å². The molecule has 1 N–H and O–H groups in total. The monoisotopic (exact) mass is 353 g/mol. The van der Waals surface area contributed by atoms with Gasteiger partial charge >= 0.3 is 0 Å². The number of fused-ring (bicyclic) bond motifs is 1. The molecule has 4 nitrogen and oxygen atoms in total. The number of carbonyl (C=O) groups is 1. The van der Waals surface area contributed by atoms with Gasteiger partial charge in [0.25, 0.3) is 0 Å². The molecule has 5 heteroatoms. The molecule has 0 fully saturated rings. The summed E-state index contributed by atoms with van der Waals surface area (Å²) in [6, 6.07) is 15.6. The summed E-state index contributed by atoms with van der Waals surface area (Å²) in [5.74, 6) is -0.0914. The van der Waals surface area contributed by atoms with E-state index in [-0.39, 0.29) is 11.9 Å². The van der Waals surface area contributed by atoms with Crippen molar-refractivity contribution in [1.82, 2.24) is 4.90 Å². The van der Waals surface area contributed by atoms with Crippen molar-refractivity contribution in [2.45, 2.75) is 25.3 Å². The summed E-state index contributed by atoms with van der Waals surface area (Å²) in [7, 11) is 1.98. The van der Waals surface area contributed by atoms with Crippen LogP contribution in [0.2, 0.25) is 5.02 Å². The third kappa shape index (κ3) is 4.01. The Morgan fingerprint density at radius 1 is 1.36 bits per heavy atom. The topological polar surface area (TPSA) is 56.1 Å². The van der Waals surface area contributed by atoms with Crippen LogP contribution in [0.1, 0.15) is 35.6 Å². The predicted octanol–water partition coefficient (Wildman–Crippen LogP) is 4.16. The molecule has 128 valence electrons. The van der Waals surface area contributed by atoms with E-state index in [9.17, 15) is 4.79 Å². The summed E-state index contributed by atoms with van der Waals surface area (Å²) in [6.45, 7) is 0.302. The summed E-state index contributed by atoms with van der Waals surface area (Å²) in [5, 5.41) is 12.1. The Morgan fingerprint density at radius 2 is 2.16 bits per heavy atom. The van der Waals surface area contributed by atoms with Gasteiger partial charge in [0, 0.05) is 11.7 Å². The van der Waals surface area contributed by atoms with Gasteiger partial charge in [0.1, 0.15) is 6.07 Å². The van der Waals surface area contributed by atoms with Crippen molar-refractivity contribution in [1.29, 1.82) is 5.26 Å². The van der Waals surface area contributed by atoms with Crippen molar-refractivity contribution < 1.29 is 4.79 Å². The van der Waals surface area contributed by atoms with Gasteiger partial charge in [-0.3, -0.25) is 9.69 Å². The van der Waals surface area contributed by atoms with E-state index in [1.54, 1.807) is 18.2 Å². The highest BCUT2D eigenvalue weighted by atomic mass is 35.5. The molecule has 0 saturated carbocycles. The van der Waals surface area contributed by atoms with Crippen molar-refractivity contribution in [3.8, 4) is 6.07 Å². The van der Waals surface area contributed by atoms with Gasteiger partial charge in [-0.05, 0) is 55.6 Å². The van der Waals surface area contributed by atoms with Crippen molar-refractivity contribution in [3.63, 3.8) is 0 Å². The molecule has 0 saturated heterocycles. The van der Waals surface area contributed by atoms with Gasteiger partial charge in [-0.2, -0.15) is 5.26 Å². The van der Waals surface area contributed by atoms with Crippen LogP contribution in [0.5, 0.6) is 0 Å². The molecule has 0 aromatic heterocycles.